The Morgan fingerprint density at radius 3 is 2.90 bits per heavy atom. The van der Waals surface area contributed by atoms with E-state index >= 15 is 0 Å². The molecule has 4 heterocycles. The Morgan fingerprint density at radius 1 is 1.34 bits per heavy atom. The number of likely N-dealkylation sites (tertiary alicyclic amines) is 1. The minimum atomic E-state index is -0.108. The number of thioether (sulfide) groups is 3. The normalized spacial score (nSPS) is 25.8. The lowest BCUT2D eigenvalue weighted by atomic mass is 9.88. The van der Waals surface area contributed by atoms with Crippen molar-refractivity contribution in [3.8, 4) is 0 Å². The molecule has 1 spiro atoms. The van der Waals surface area contributed by atoms with E-state index in [9.17, 15) is 9.59 Å². The fraction of sp³-hybridized carbons (Fsp3) is 0.737. The standard InChI is InChI=1S/C19H27ClN4O2S3/c1-2-4-24-9-14(20)17(22-24)18(26)23-11-19(12-23)15(3-5-29-19)21-16(25)8-13-10-27-6-7-28-13/h9,13,15H,2-8,10-12H2,1H3,(H,21,25). The molecule has 2 amide bonds. The molecule has 1 aromatic rings. The average molecular weight is 475 g/mol. The van der Waals surface area contributed by atoms with Gasteiger partial charge >= 0.3 is 0 Å². The van der Waals surface area contributed by atoms with Crippen molar-refractivity contribution in [2.45, 2.75) is 48.8 Å². The highest BCUT2D eigenvalue weighted by Crippen LogP contribution is 2.46. The van der Waals surface area contributed by atoms with Crippen LogP contribution in [0.2, 0.25) is 5.02 Å². The van der Waals surface area contributed by atoms with Crippen LogP contribution in [0, 0.1) is 0 Å². The minimum absolute atomic E-state index is 0.0573. The van der Waals surface area contributed by atoms with Gasteiger partial charge in [0.05, 0.1) is 9.77 Å². The lowest BCUT2D eigenvalue weighted by Gasteiger charge is -2.50. The number of carbonyl (C=O) groups excluding carboxylic acids is 2. The van der Waals surface area contributed by atoms with E-state index < -0.39 is 0 Å². The van der Waals surface area contributed by atoms with Crippen LogP contribution in [0.5, 0.6) is 0 Å². The van der Waals surface area contributed by atoms with Gasteiger partial charge in [0.25, 0.3) is 5.91 Å². The van der Waals surface area contributed by atoms with Crippen molar-refractivity contribution in [3.05, 3.63) is 16.9 Å². The Labute approximate surface area is 189 Å². The zero-order valence-corrected chi connectivity index (χ0v) is 19.8. The summed E-state index contributed by atoms with van der Waals surface area (Å²) in [6.45, 7) is 4.10. The Morgan fingerprint density at radius 2 is 2.17 bits per heavy atom. The Hall–Kier alpha value is -0.510. The summed E-state index contributed by atoms with van der Waals surface area (Å²) < 4.78 is 1.68. The van der Waals surface area contributed by atoms with E-state index in [2.05, 4.69) is 17.3 Å². The molecule has 0 aliphatic carbocycles. The third kappa shape index (κ3) is 4.72. The fourth-order valence-electron chi connectivity index (χ4n) is 4.15. The van der Waals surface area contributed by atoms with E-state index in [1.807, 2.05) is 40.2 Å². The number of aryl methyl sites for hydroxylation is 1. The van der Waals surface area contributed by atoms with Gasteiger partial charge in [-0.2, -0.15) is 28.6 Å². The molecule has 29 heavy (non-hydrogen) atoms. The molecule has 160 valence electrons. The SMILES string of the molecule is CCCn1cc(Cl)c(C(=O)N2CC3(C2)SCCC3NC(=O)CC2CSCCS2)n1. The summed E-state index contributed by atoms with van der Waals surface area (Å²) in [5.41, 5.74) is 0.338. The number of nitrogens with one attached hydrogen (secondary N) is 1. The lowest BCUT2D eigenvalue weighted by Crippen LogP contribution is -2.68. The van der Waals surface area contributed by atoms with Crippen LogP contribution in [-0.2, 0) is 11.3 Å². The molecular formula is C19H27ClN4O2S3. The van der Waals surface area contributed by atoms with Crippen molar-refractivity contribution in [1.29, 1.82) is 0 Å². The van der Waals surface area contributed by atoms with E-state index in [0.717, 1.165) is 36.6 Å². The van der Waals surface area contributed by atoms with E-state index in [-0.39, 0.29) is 22.6 Å². The van der Waals surface area contributed by atoms with Crippen LogP contribution >= 0.6 is 46.9 Å². The van der Waals surface area contributed by atoms with Gasteiger partial charge in [-0.15, -0.1) is 11.8 Å². The van der Waals surface area contributed by atoms with Gasteiger partial charge in [-0.1, -0.05) is 18.5 Å². The number of carbonyl (C=O) groups is 2. The van der Waals surface area contributed by atoms with Crippen LogP contribution in [0.15, 0.2) is 6.20 Å². The van der Waals surface area contributed by atoms with Crippen molar-refractivity contribution < 1.29 is 9.59 Å². The van der Waals surface area contributed by atoms with Crippen molar-refractivity contribution in [1.82, 2.24) is 20.0 Å². The third-order valence-corrected chi connectivity index (χ3v) is 10.3. The maximum atomic E-state index is 12.9. The second kappa shape index (κ2) is 9.32. The van der Waals surface area contributed by atoms with Crippen LogP contribution in [0.25, 0.3) is 0 Å². The molecule has 0 saturated carbocycles. The predicted molar refractivity (Wildman–Crippen MR) is 123 cm³/mol. The second-order valence-corrected chi connectivity index (χ2v) is 12.3. The summed E-state index contributed by atoms with van der Waals surface area (Å²) in [7, 11) is 0. The first-order chi connectivity index (χ1) is 14.0. The summed E-state index contributed by atoms with van der Waals surface area (Å²) in [4.78, 5) is 27.3. The van der Waals surface area contributed by atoms with E-state index in [1.54, 1.807) is 10.9 Å². The number of hydrogen-bond acceptors (Lipinski definition) is 6. The monoisotopic (exact) mass is 474 g/mol. The topological polar surface area (TPSA) is 67.2 Å². The first kappa shape index (κ1) is 21.7. The van der Waals surface area contributed by atoms with Gasteiger partial charge < -0.3 is 10.2 Å². The van der Waals surface area contributed by atoms with Crippen LogP contribution in [0.4, 0.5) is 0 Å². The average Bonchev–Trinajstić information content (AvgIpc) is 3.24. The number of hydrogen-bond donors (Lipinski definition) is 1. The zero-order valence-electron chi connectivity index (χ0n) is 16.6. The summed E-state index contributed by atoms with van der Waals surface area (Å²) in [5.74, 6) is 4.46. The first-order valence-corrected chi connectivity index (χ1v) is 13.7. The van der Waals surface area contributed by atoms with Crippen molar-refractivity contribution >= 4 is 58.7 Å². The van der Waals surface area contributed by atoms with Gasteiger partial charge in [0.1, 0.15) is 0 Å². The van der Waals surface area contributed by atoms with Crippen LogP contribution in [-0.4, -0.2) is 78.6 Å². The molecule has 0 aromatic carbocycles. The fourth-order valence-corrected chi connectivity index (χ4v) is 8.70. The molecule has 0 radical (unpaired) electrons. The van der Waals surface area contributed by atoms with Crippen LogP contribution in [0.3, 0.4) is 0 Å². The summed E-state index contributed by atoms with van der Waals surface area (Å²) >= 11 is 12.0. The number of nitrogens with zero attached hydrogens (tertiary/aromatic N) is 3. The zero-order chi connectivity index (χ0) is 20.4. The number of aromatic nitrogens is 2. The van der Waals surface area contributed by atoms with Crippen LogP contribution < -0.4 is 5.32 Å². The molecule has 3 aliphatic rings. The van der Waals surface area contributed by atoms with Gasteiger partial charge in [0.15, 0.2) is 5.69 Å². The maximum Gasteiger partial charge on any atom is 0.276 e. The molecule has 2 unspecified atom stereocenters. The molecule has 10 heteroatoms. The lowest BCUT2D eigenvalue weighted by molar-refractivity contribution is -0.122. The summed E-state index contributed by atoms with van der Waals surface area (Å²) in [6, 6.07) is 0.137. The molecule has 1 aromatic heterocycles. The molecule has 0 bridgehead atoms. The smallest absolute Gasteiger partial charge is 0.276 e. The third-order valence-electron chi connectivity index (χ3n) is 5.64. The minimum Gasteiger partial charge on any atom is -0.352 e. The van der Waals surface area contributed by atoms with Gasteiger partial charge in [-0.25, -0.2) is 0 Å². The van der Waals surface area contributed by atoms with Gasteiger partial charge in [0, 0.05) is 60.8 Å². The molecule has 1 N–H and O–H groups in total. The Kier molecular flexibility index (Phi) is 6.98. The summed E-state index contributed by atoms with van der Waals surface area (Å²) in [5, 5.41) is 8.49. The molecule has 4 rings (SSSR count). The van der Waals surface area contributed by atoms with Gasteiger partial charge in [-0.3, -0.25) is 14.3 Å². The van der Waals surface area contributed by atoms with E-state index in [4.69, 9.17) is 11.6 Å². The van der Waals surface area contributed by atoms with Crippen molar-refractivity contribution in [2.75, 3.05) is 36.1 Å². The highest BCUT2D eigenvalue weighted by molar-refractivity contribution is 8.06. The molecule has 3 saturated heterocycles. The number of amides is 2. The van der Waals surface area contributed by atoms with Crippen molar-refractivity contribution in [3.63, 3.8) is 0 Å². The maximum absolute atomic E-state index is 12.9. The Balaban J connectivity index is 1.32. The molecule has 2 atom stereocenters. The Bertz CT molecular complexity index is 763. The summed E-state index contributed by atoms with van der Waals surface area (Å²) in [6.07, 6.45) is 4.23. The van der Waals surface area contributed by atoms with Crippen molar-refractivity contribution in [2.24, 2.45) is 0 Å². The quantitative estimate of drug-likeness (QED) is 0.683. The second-order valence-electron chi connectivity index (χ2n) is 7.84. The van der Waals surface area contributed by atoms with E-state index in [0.29, 0.717) is 35.5 Å². The number of halogens is 1. The molecule has 6 nitrogen and oxygen atoms in total. The highest BCUT2D eigenvalue weighted by atomic mass is 35.5. The molecule has 3 fully saturated rings. The first-order valence-electron chi connectivity index (χ1n) is 10.2. The van der Waals surface area contributed by atoms with E-state index in [1.165, 1.54) is 5.75 Å². The number of rotatable bonds is 6. The largest absolute Gasteiger partial charge is 0.352 e. The van der Waals surface area contributed by atoms with Gasteiger partial charge in [0.2, 0.25) is 5.91 Å². The molecular weight excluding hydrogens is 448 g/mol. The van der Waals surface area contributed by atoms with Gasteiger partial charge in [-0.05, 0) is 18.6 Å². The highest BCUT2D eigenvalue weighted by Gasteiger charge is 2.54. The predicted octanol–water partition coefficient (Wildman–Crippen LogP) is 3.00. The molecule has 3 aliphatic heterocycles. The van der Waals surface area contributed by atoms with Crippen LogP contribution in [0.1, 0.15) is 36.7 Å².